The van der Waals surface area contributed by atoms with Gasteiger partial charge in [0.1, 0.15) is 0 Å². The molecule has 2 unspecified atom stereocenters. The fraction of sp³-hybridized carbons (Fsp3) is 1.00. The third kappa shape index (κ3) is 5.72. The Hall–Kier alpha value is -0.0400. The highest BCUT2D eigenvalue weighted by Gasteiger charge is 2.41. The van der Waals surface area contributed by atoms with Crippen molar-refractivity contribution < 1.29 is 5.11 Å². The molecule has 150 valence electrons. The monoisotopic (exact) mass is 352 g/mol. The molecule has 1 saturated carbocycles. The van der Waals surface area contributed by atoms with Crippen LogP contribution in [0.5, 0.6) is 0 Å². The highest BCUT2D eigenvalue weighted by Crippen LogP contribution is 2.48. The Bertz CT molecular complexity index is 378. The van der Waals surface area contributed by atoms with Gasteiger partial charge in [-0.2, -0.15) is 0 Å². The first-order valence-corrected chi connectivity index (χ1v) is 11.1. The Morgan fingerprint density at radius 3 is 2.08 bits per heavy atom. The Balaban J connectivity index is 2.92. The molecule has 1 fully saturated rings. The summed E-state index contributed by atoms with van der Waals surface area (Å²) in [6.07, 6.45) is 8.84. The fourth-order valence-electron chi connectivity index (χ4n) is 4.99. The zero-order chi connectivity index (χ0) is 19.4. The lowest BCUT2D eigenvalue weighted by molar-refractivity contribution is -0.0280. The van der Waals surface area contributed by atoms with Crippen molar-refractivity contribution >= 4 is 0 Å². The van der Waals surface area contributed by atoms with Crippen LogP contribution in [0.15, 0.2) is 0 Å². The first-order chi connectivity index (χ1) is 11.5. The van der Waals surface area contributed by atoms with Gasteiger partial charge in [-0.15, -0.1) is 0 Å². The van der Waals surface area contributed by atoms with Crippen LogP contribution in [0.2, 0.25) is 0 Å². The number of aliphatic hydroxyl groups excluding tert-OH is 1. The van der Waals surface area contributed by atoms with Crippen molar-refractivity contribution in [1.29, 1.82) is 0 Å². The van der Waals surface area contributed by atoms with E-state index in [9.17, 15) is 5.11 Å². The van der Waals surface area contributed by atoms with Crippen LogP contribution in [-0.4, -0.2) is 11.2 Å². The molecule has 0 heterocycles. The van der Waals surface area contributed by atoms with Crippen molar-refractivity contribution in [3.05, 3.63) is 0 Å². The van der Waals surface area contributed by atoms with Crippen molar-refractivity contribution in [1.82, 2.24) is 0 Å². The Kier molecular flexibility index (Phi) is 8.51. The van der Waals surface area contributed by atoms with Gasteiger partial charge in [-0.05, 0) is 53.3 Å². The highest BCUT2D eigenvalue weighted by atomic mass is 16.3. The molecule has 1 heteroatoms. The van der Waals surface area contributed by atoms with E-state index >= 15 is 0 Å². The lowest BCUT2D eigenvalue weighted by atomic mass is 9.60. The van der Waals surface area contributed by atoms with E-state index < -0.39 is 0 Å². The second-order valence-electron chi connectivity index (χ2n) is 10.9. The van der Waals surface area contributed by atoms with Crippen molar-refractivity contribution in [2.45, 2.75) is 113 Å². The molecule has 0 aromatic rings. The summed E-state index contributed by atoms with van der Waals surface area (Å²) >= 11 is 0. The highest BCUT2D eigenvalue weighted by molar-refractivity contribution is 4.91. The first kappa shape index (κ1) is 23.0. The molecule has 0 bridgehead atoms. The first-order valence-electron chi connectivity index (χ1n) is 11.1. The SMILES string of the molecule is CCC(C(O)[C@H](C)CC)[C@@H]1[C@H](CCC(C)(C)C(C)(C)C)CCC[C@@H]1C. The molecule has 0 radical (unpaired) electrons. The van der Waals surface area contributed by atoms with Crippen LogP contribution in [-0.2, 0) is 0 Å². The number of hydrogen-bond donors (Lipinski definition) is 1. The van der Waals surface area contributed by atoms with Crippen molar-refractivity contribution in [2.75, 3.05) is 0 Å². The fourth-order valence-corrected chi connectivity index (χ4v) is 4.99. The van der Waals surface area contributed by atoms with Crippen molar-refractivity contribution in [3.8, 4) is 0 Å². The normalized spacial score (nSPS) is 29.3. The molecular weight excluding hydrogens is 304 g/mol. The summed E-state index contributed by atoms with van der Waals surface area (Å²) in [7, 11) is 0. The lowest BCUT2D eigenvalue weighted by Crippen LogP contribution is -2.41. The molecule has 1 aliphatic rings. The molecule has 1 rings (SSSR count). The Labute approximate surface area is 159 Å². The van der Waals surface area contributed by atoms with Crippen molar-refractivity contribution in [2.24, 2.45) is 40.4 Å². The Morgan fingerprint density at radius 2 is 1.60 bits per heavy atom. The van der Waals surface area contributed by atoms with E-state index in [-0.39, 0.29) is 6.10 Å². The van der Waals surface area contributed by atoms with Crippen molar-refractivity contribution in [3.63, 3.8) is 0 Å². The molecule has 0 aliphatic heterocycles. The molecule has 0 amide bonds. The van der Waals surface area contributed by atoms with Gasteiger partial charge in [0.05, 0.1) is 6.10 Å². The van der Waals surface area contributed by atoms with Crippen LogP contribution in [0.1, 0.15) is 107 Å². The van der Waals surface area contributed by atoms with Crippen LogP contribution in [0.3, 0.4) is 0 Å². The van der Waals surface area contributed by atoms with Crippen LogP contribution >= 0.6 is 0 Å². The minimum Gasteiger partial charge on any atom is -0.393 e. The molecule has 0 saturated heterocycles. The molecule has 25 heavy (non-hydrogen) atoms. The second-order valence-corrected chi connectivity index (χ2v) is 10.9. The van der Waals surface area contributed by atoms with Crippen LogP contribution in [0, 0.1) is 40.4 Å². The zero-order valence-corrected chi connectivity index (χ0v) is 18.9. The Morgan fingerprint density at radius 1 is 1.00 bits per heavy atom. The van der Waals surface area contributed by atoms with E-state index in [0.29, 0.717) is 28.6 Å². The topological polar surface area (TPSA) is 20.2 Å². The van der Waals surface area contributed by atoms with Gasteiger partial charge in [0.2, 0.25) is 0 Å². The van der Waals surface area contributed by atoms with Gasteiger partial charge in [-0.3, -0.25) is 0 Å². The summed E-state index contributed by atoms with van der Waals surface area (Å²) in [5, 5.41) is 11.0. The van der Waals surface area contributed by atoms with Gasteiger partial charge in [-0.25, -0.2) is 0 Å². The van der Waals surface area contributed by atoms with Crippen LogP contribution in [0.25, 0.3) is 0 Å². The molecule has 0 aromatic heterocycles. The number of aliphatic hydroxyl groups is 1. The summed E-state index contributed by atoms with van der Waals surface area (Å²) in [5.74, 6) is 3.17. The van der Waals surface area contributed by atoms with Gasteiger partial charge in [0.25, 0.3) is 0 Å². The average Bonchev–Trinajstić information content (AvgIpc) is 2.53. The van der Waals surface area contributed by atoms with E-state index in [4.69, 9.17) is 0 Å². The standard InChI is InChI=1S/C24H48O/c1-10-17(3)22(25)20(11-2)21-18(4)13-12-14-19(21)15-16-24(8,9)23(5,6)7/h17-22,25H,10-16H2,1-9H3/t17-,18+,19+,20?,21+,22?/m1/s1. The molecule has 1 aliphatic carbocycles. The predicted octanol–water partition coefficient (Wildman–Crippen LogP) is 7.32. The molecule has 1 N–H and O–H groups in total. The summed E-state index contributed by atoms with van der Waals surface area (Å²) in [6.45, 7) is 21.2. The molecule has 0 spiro atoms. The minimum absolute atomic E-state index is 0.126. The molecule has 6 atom stereocenters. The van der Waals surface area contributed by atoms with E-state index in [2.05, 4.69) is 62.3 Å². The van der Waals surface area contributed by atoms with E-state index in [1.54, 1.807) is 0 Å². The molecule has 0 aromatic carbocycles. The smallest absolute Gasteiger partial charge is 0.0596 e. The lowest BCUT2D eigenvalue weighted by Gasteiger charge is -2.46. The van der Waals surface area contributed by atoms with Gasteiger partial charge < -0.3 is 5.11 Å². The van der Waals surface area contributed by atoms with Gasteiger partial charge in [0, 0.05) is 0 Å². The second kappa shape index (κ2) is 9.25. The minimum atomic E-state index is -0.126. The predicted molar refractivity (Wildman–Crippen MR) is 112 cm³/mol. The summed E-state index contributed by atoms with van der Waals surface area (Å²) in [5.41, 5.74) is 0.721. The third-order valence-corrected chi connectivity index (χ3v) is 8.24. The average molecular weight is 353 g/mol. The summed E-state index contributed by atoms with van der Waals surface area (Å²) < 4.78 is 0. The van der Waals surface area contributed by atoms with Crippen LogP contribution < -0.4 is 0 Å². The number of rotatable bonds is 8. The van der Waals surface area contributed by atoms with Gasteiger partial charge >= 0.3 is 0 Å². The summed E-state index contributed by atoms with van der Waals surface area (Å²) in [4.78, 5) is 0. The van der Waals surface area contributed by atoms with E-state index in [1.807, 2.05) is 0 Å². The zero-order valence-electron chi connectivity index (χ0n) is 18.9. The van der Waals surface area contributed by atoms with E-state index in [1.165, 1.54) is 32.1 Å². The van der Waals surface area contributed by atoms with Crippen LogP contribution in [0.4, 0.5) is 0 Å². The van der Waals surface area contributed by atoms with E-state index in [0.717, 1.165) is 24.7 Å². The maximum Gasteiger partial charge on any atom is 0.0596 e. The maximum atomic E-state index is 11.0. The van der Waals surface area contributed by atoms with Gasteiger partial charge in [-0.1, -0.05) is 94.4 Å². The molecular formula is C24H48O. The quantitative estimate of drug-likeness (QED) is 0.485. The number of hydrogen-bond acceptors (Lipinski definition) is 1. The maximum absolute atomic E-state index is 11.0. The largest absolute Gasteiger partial charge is 0.393 e. The third-order valence-electron chi connectivity index (χ3n) is 8.24. The summed E-state index contributed by atoms with van der Waals surface area (Å²) in [6, 6.07) is 0. The molecule has 1 nitrogen and oxygen atoms in total. The van der Waals surface area contributed by atoms with Gasteiger partial charge in [0.15, 0.2) is 0 Å².